The van der Waals surface area contributed by atoms with Gasteiger partial charge < -0.3 is 31.0 Å². The molecule has 37 heavy (non-hydrogen) atoms. The number of hydrogen-bond acceptors (Lipinski definition) is 10. The third-order valence-electron chi connectivity index (χ3n) is 5.14. The molecule has 0 aliphatic carbocycles. The largest absolute Gasteiger partial charge is 0.494 e. The molecule has 0 unspecified atom stereocenters. The monoisotopic (exact) mass is 520 g/mol. The molecule has 12 heteroatoms. The summed E-state index contributed by atoms with van der Waals surface area (Å²) in [4.78, 5) is 13.1. The van der Waals surface area contributed by atoms with Crippen LogP contribution in [0.5, 0.6) is 11.5 Å². The van der Waals surface area contributed by atoms with E-state index in [1.54, 1.807) is 38.8 Å². The third kappa shape index (κ3) is 5.86. The maximum absolute atomic E-state index is 6.44. The fourth-order valence-electron chi connectivity index (χ4n) is 3.60. The lowest BCUT2D eigenvalue weighted by Gasteiger charge is -2.17. The van der Waals surface area contributed by atoms with Gasteiger partial charge in [0.25, 0.3) is 0 Å². The fourth-order valence-corrected chi connectivity index (χ4v) is 4.13. The van der Waals surface area contributed by atoms with Gasteiger partial charge in [-0.05, 0) is 49.2 Å². The standard InChI is InChI=1S/C25H28N8O3S/c1-4-36-22-11-5-8-16(30-22)25-31-24(27)17(14-20(26)32-37-15-21-28-12-7-13-29-21)33(25)23-18(34-2)9-6-10-19(23)35-3/h5-14,30H,4,15H2,1-3H3,(H2,26,32)(H2,27,31). The molecule has 0 saturated heterocycles. The molecule has 0 amide bonds. The van der Waals surface area contributed by atoms with Crippen LogP contribution < -0.4 is 37.1 Å². The molecule has 192 valence electrons. The average Bonchev–Trinajstić information content (AvgIpc) is 3.24. The summed E-state index contributed by atoms with van der Waals surface area (Å²) >= 11 is 1.23. The molecule has 2 aromatic heterocycles. The topological polar surface area (TPSA) is 148 Å². The molecule has 1 aliphatic heterocycles. The normalized spacial score (nSPS) is 15.3. The Balaban J connectivity index is 1.89. The summed E-state index contributed by atoms with van der Waals surface area (Å²) in [5.41, 5.74) is 14.5. The van der Waals surface area contributed by atoms with Crippen molar-refractivity contribution in [1.29, 1.82) is 0 Å². The number of nitrogens with zero attached hydrogens (tertiary/aromatic N) is 5. The van der Waals surface area contributed by atoms with Gasteiger partial charge in [0.15, 0.2) is 17.2 Å². The van der Waals surface area contributed by atoms with Gasteiger partial charge in [-0.1, -0.05) is 12.1 Å². The first-order valence-corrected chi connectivity index (χ1v) is 12.3. The molecule has 0 fully saturated rings. The maximum atomic E-state index is 6.44. The average molecular weight is 521 g/mol. The number of imidazole rings is 1. The summed E-state index contributed by atoms with van der Waals surface area (Å²) in [7, 11) is 3.17. The van der Waals surface area contributed by atoms with E-state index >= 15 is 0 Å². The van der Waals surface area contributed by atoms with Gasteiger partial charge in [0.2, 0.25) is 0 Å². The first-order valence-electron chi connectivity index (χ1n) is 11.4. The van der Waals surface area contributed by atoms with E-state index in [0.717, 1.165) is 0 Å². The van der Waals surface area contributed by atoms with Gasteiger partial charge in [-0.15, -0.1) is 0 Å². The van der Waals surface area contributed by atoms with Gasteiger partial charge in [-0.2, -0.15) is 4.40 Å². The fraction of sp³-hybridized carbons (Fsp3) is 0.200. The zero-order valence-corrected chi connectivity index (χ0v) is 21.5. The van der Waals surface area contributed by atoms with E-state index in [2.05, 4.69) is 24.7 Å². The van der Waals surface area contributed by atoms with Crippen molar-refractivity contribution in [1.82, 2.24) is 24.8 Å². The van der Waals surface area contributed by atoms with Crippen molar-refractivity contribution >= 4 is 35.4 Å². The van der Waals surface area contributed by atoms with E-state index in [4.69, 9.17) is 25.7 Å². The first kappa shape index (κ1) is 25.6. The van der Waals surface area contributed by atoms with Gasteiger partial charge >= 0.3 is 0 Å². The number of ether oxygens (including phenoxy) is 3. The Labute approximate surface area is 218 Å². The second kappa shape index (κ2) is 12.0. The summed E-state index contributed by atoms with van der Waals surface area (Å²) in [6, 6.07) is 7.25. The number of nitrogen functional groups attached to an aromatic ring is 1. The van der Waals surface area contributed by atoms with E-state index in [-0.39, 0.29) is 11.7 Å². The minimum Gasteiger partial charge on any atom is -0.494 e. The summed E-state index contributed by atoms with van der Waals surface area (Å²) in [5.74, 6) is 3.30. The van der Waals surface area contributed by atoms with Crippen LogP contribution >= 0.6 is 11.9 Å². The molecule has 0 saturated carbocycles. The van der Waals surface area contributed by atoms with Crippen LogP contribution in [0.15, 0.2) is 65.2 Å². The van der Waals surface area contributed by atoms with Gasteiger partial charge in [0, 0.05) is 18.5 Å². The van der Waals surface area contributed by atoms with Crippen LogP contribution in [0, 0.1) is 0 Å². The van der Waals surface area contributed by atoms with Gasteiger partial charge in [-0.3, -0.25) is 4.57 Å². The zero-order valence-electron chi connectivity index (χ0n) is 20.7. The van der Waals surface area contributed by atoms with Crippen molar-refractivity contribution in [3.63, 3.8) is 0 Å². The lowest BCUT2D eigenvalue weighted by molar-refractivity contribution is 0.215. The number of benzene rings is 1. The number of nitrogens with one attached hydrogen (secondary N) is 1. The lowest BCUT2D eigenvalue weighted by Crippen LogP contribution is -2.33. The van der Waals surface area contributed by atoms with Crippen LogP contribution in [0.2, 0.25) is 0 Å². The van der Waals surface area contributed by atoms with Gasteiger partial charge in [0.05, 0.1) is 37.6 Å². The Morgan fingerprint density at radius 1 is 1.16 bits per heavy atom. The number of aromatic nitrogens is 4. The Morgan fingerprint density at radius 3 is 2.57 bits per heavy atom. The van der Waals surface area contributed by atoms with Crippen LogP contribution in [0.1, 0.15) is 12.7 Å². The minimum absolute atomic E-state index is 0.237. The summed E-state index contributed by atoms with van der Waals surface area (Å²) in [5, 5.41) is 3.76. The molecular formula is C25H28N8O3S. The molecule has 5 N–H and O–H groups in total. The van der Waals surface area contributed by atoms with E-state index < -0.39 is 0 Å². The number of amidine groups is 1. The second-order valence-corrected chi connectivity index (χ2v) is 8.24. The number of rotatable bonds is 9. The number of methoxy groups -OCH3 is 2. The van der Waals surface area contributed by atoms with Gasteiger partial charge in [-0.25, -0.2) is 15.0 Å². The smallest absolute Gasteiger partial charge is 0.191 e. The number of nitrogens with two attached hydrogens (primary N) is 2. The second-order valence-electron chi connectivity index (χ2n) is 7.51. The molecule has 1 aliphatic rings. The zero-order chi connectivity index (χ0) is 26.2. The number of hydrogen-bond donors (Lipinski definition) is 3. The highest BCUT2D eigenvalue weighted by molar-refractivity contribution is 7.97. The van der Waals surface area contributed by atoms with Crippen molar-refractivity contribution in [2.45, 2.75) is 12.7 Å². The van der Waals surface area contributed by atoms with E-state index in [0.29, 0.717) is 57.8 Å². The summed E-state index contributed by atoms with van der Waals surface area (Å²) < 4.78 is 23.2. The molecule has 11 nitrogen and oxygen atoms in total. The number of allylic oxidation sites excluding steroid dienone is 2. The van der Waals surface area contributed by atoms with Crippen molar-refractivity contribution < 1.29 is 14.2 Å². The molecule has 0 atom stereocenters. The molecule has 4 rings (SSSR count). The highest BCUT2D eigenvalue weighted by atomic mass is 32.2. The van der Waals surface area contributed by atoms with Crippen LogP contribution in [0.25, 0.3) is 17.5 Å². The quantitative estimate of drug-likeness (QED) is 0.215. The van der Waals surface area contributed by atoms with Crippen LogP contribution in [0.3, 0.4) is 0 Å². The predicted octanol–water partition coefficient (Wildman–Crippen LogP) is 1.39. The van der Waals surface area contributed by atoms with E-state index in [9.17, 15) is 0 Å². The predicted molar refractivity (Wildman–Crippen MR) is 145 cm³/mol. The van der Waals surface area contributed by atoms with Crippen LogP contribution in [-0.4, -0.2) is 46.2 Å². The molecular weight excluding hydrogens is 492 g/mol. The summed E-state index contributed by atoms with van der Waals surface area (Å²) in [6.45, 7) is 2.42. The van der Waals surface area contributed by atoms with Crippen molar-refractivity contribution in [3.8, 4) is 17.2 Å². The van der Waals surface area contributed by atoms with Crippen molar-refractivity contribution in [2.24, 2.45) is 10.1 Å². The molecule has 1 aromatic carbocycles. The highest BCUT2D eigenvalue weighted by Gasteiger charge is 2.19. The highest BCUT2D eigenvalue weighted by Crippen LogP contribution is 2.30. The number of dihydropyridines is 1. The third-order valence-corrected chi connectivity index (χ3v) is 5.87. The Bertz CT molecular complexity index is 1440. The molecule has 0 radical (unpaired) electrons. The van der Waals surface area contributed by atoms with E-state index in [1.807, 2.05) is 47.9 Å². The van der Waals surface area contributed by atoms with Gasteiger partial charge in [0.1, 0.15) is 28.8 Å². The minimum atomic E-state index is 0.237. The Morgan fingerprint density at radius 2 is 1.89 bits per heavy atom. The lowest BCUT2D eigenvalue weighted by atomic mass is 10.2. The van der Waals surface area contributed by atoms with Crippen molar-refractivity contribution in [3.05, 3.63) is 77.4 Å². The van der Waals surface area contributed by atoms with Crippen LogP contribution in [-0.2, 0) is 10.5 Å². The molecule has 3 heterocycles. The Hall–Kier alpha value is -4.45. The Kier molecular flexibility index (Phi) is 8.31. The first-order chi connectivity index (χ1) is 18.0. The molecule has 3 aromatic rings. The SMILES string of the molecule is CCOC1=CC=CC(=c2nc(N)c(=CC(N)=NSCc3ncccn3)n2-c2c(OC)cccc2OC)N1. The molecule has 0 bridgehead atoms. The number of anilines is 1. The van der Waals surface area contributed by atoms with E-state index in [1.165, 1.54) is 11.9 Å². The summed E-state index contributed by atoms with van der Waals surface area (Å²) in [6.07, 6.45) is 10.6. The van der Waals surface area contributed by atoms with Crippen LogP contribution in [0.4, 0.5) is 5.82 Å². The number of para-hydroxylation sites is 1. The molecule has 0 spiro atoms. The maximum Gasteiger partial charge on any atom is 0.191 e. The van der Waals surface area contributed by atoms with Crippen molar-refractivity contribution in [2.75, 3.05) is 26.6 Å².